The monoisotopic (exact) mass is 325 g/mol. The highest BCUT2D eigenvalue weighted by Crippen LogP contribution is 2.31. The van der Waals surface area contributed by atoms with Crippen LogP contribution in [0.25, 0.3) is 0 Å². The van der Waals surface area contributed by atoms with Crippen LogP contribution >= 0.6 is 0 Å². The molecule has 1 fully saturated rings. The minimum absolute atomic E-state index is 0.256. The van der Waals surface area contributed by atoms with Gasteiger partial charge in [-0.1, -0.05) is 50.2 Å². The van der Waals surface area contributed by atoms with Gasteiger partial charge in [0.15, 0.2) is 0 Å². The van der Waals surface area contributed by atoms with Gasteiger partial charge in [0.1, 0.15) is 0 Å². The number of hydrogen-bond acceptors (Lipinski definition) is 3. The highest BCUT2D eigenvalue weighted by molar-refractivity contribution is 5.95. The Bertz CT molecular complexity index is 636. The van der Waals surface area contributed by atoms with Crippen LogP contribution in [0, 0.1) is 11.3 Å². The first-order chi connectivity index (χ1) is 11.6. The Morgan fingerprint density at radius 3 is 2.08 bits per heavy atom. The van der Waals surface area contributed by atoms with Crippen LogP contribution in [0.4, 0.5) is 11.4 Å². The van der Waals surface area contributed by atoms with Gasteiger partial charge in [0.25, 0.3) is 0 Å². The van der Waals surface area contributed by atoms with Crippen LogP contribution in [-0.4, -0.2) is 19.2 Å². The molecule has 4 heteroatoms. The van der Waals surface area contributed by atoms with Gasteiger partial charge in [-0.15, -0.1) is 0 Å². The summed E-state index contributed by atoms with van der Waals surface area (Å²) < 4.78 is 0. The normalized spacial score (nSPS) is 12.0. The summed E-state index contributed by atoms with van der Waals surface area (Å²) in [5.74, 6) is 0.552. The highest BCUT2D eigenvalue weighted by atomic mass is 16.2. The molecule has 0 radical (unpaired) electrons. The van der Waals surface area contributed by atoms with Crippen LogP contribution in [0.5, 0.6) is 0 Å². The zero-order valence-electron chi connectivity index (χ0n) is 14.7. The quantitative estimate of drug-likeness (QED) is 0.650. The van der Waals surface area contributed by atoms with Crippen LogP contribution in [0.1, 0.15) is 32.3 Å². The van der Waals surface area contributed by atoms with Gasteiger partial charge in [0.2, 0.25) is 5.91 Å². The second kappa shape index (κ2) is 10.2. The molecule has 0 saturated heterocycles. The molecule has 0 unspecified atom stereocenters. The number of hydrogen-bond donors (Lipinski definition) is 2. The maximum absolute atomic E-state index is 11.6. The molecular weight excluding hydrogens is 298 g/mol. The van der Waals surface area contributed by atoms with Crippen molar-refractivity contribution in [3.63, 3.8) is 0 Å². The van der Waals surface area contributed by atoms with E-state index in [-0.39, 0.29) is 5.91 Å². The molecule has 4 nitrogen and oxygen atoms in total. The first-order valence-electron chi connectivity index (χ1n) is 8.31. The predicted molar refractivity (Wildman–Crippen MR) is 103 cm³/mol. The van der Waals surface area contributed by atoms with Gasteiger partial charge >= 0.3 is 0 Å². The Morgan fingerprint density at radius 1 is 1.08 bits per heavy atom. The number of nitrogens with two attached hydrogens (primary N) is 1. The summed E-state index contributed by atoms with van der Waals surface area (Å²) in [6, 6.07) is 17.1. The van der Waals surface area contributed by atoms with Crippen molar-refractivity contribution in [1.82, 2.24) is 0 Å². The summed E-state index contributed by atoms with van der Waals surface area (Å²) >= 11 is 0. The van der Waals surface area contributed by atoms with Gasteiger partial charge < -0.3 is 16.0 Å². The maximum atomic E-state index is 11.6. The van der Waals surface area contributed by atoms with Crippen molar-refractivity contribution in [2.24, 2.45) is 5.92 Å². The largest absolute Gasteiger partial charge is 0.398 e. The van der Waals surface area contributed by atoms with Crippen molar-refractivity contribution in [3.05, 3.63) is 60.2 Å². The van der Waals surface area contributed by atoms with Crippen LogP contribution in [-0.2, 0) is 4.79 Å². The van der Waals surface area contributed by atoms with E-state index in [0.29, 0.717) is 11.6 Å². The number of carbonyl (C=O) groups is 1. The molecular formula is C20H27N3O. The van der Waals surface area contributed by atoms with E-state index in [1.165, 1.54) is 6.21 Å². The summed E-state index contributed by atoms with van der Waals surface area (Å²) in [7, 11) is 1.84. The minimum Gasteiger partial charge on any atom is -0.398 e. The summed E-state index contributed by atoms with van der Waals surface area (Å²) in [4.78, 5) is 13.4. The first-order valence-corrected chi connectivity index (χ1v) is 8.31. The van der Waals surface area contributed by atoms with E-state index in [1.807, 2.05) is 69.4 Å². The average molecular weight is 325 g/mol. The molecule has 0 atom stereocenters. The molecule has 1 saturated carbocycles. The smallest absolute Gasteiger partial charge is 0.229 e. The molecule has 1 aliphatic carbocycles. The Hall–Kier alpha value is -2.62. The van der Waals surface area contributed by atoms with Gasteiger partial charge in [-0.3, -0.25) is 4.79 Å². The minimum atomic E-state index is 0.256. The Labute approximate surface area is 144 Å². The third kappa shape index (κ3) is 5.88. The number of benzene rings is 2. The third-order valence-electron chi connectivity index (χ3n) is 3.55. The highest BCUT2D eigenvalue weighted by Gasteiger charge is 2.32. The molecule has 0 aromatic heterocycles. The van der Waals surface area contributed by atoms with E-state index in [1.54, 1.807) is 11.0 Å². The van der Waals surface area contributed by atoms with Crippen molar-refractivity contribution in [2.45, 2.75) is 26.7 Å². The SMILES string of the molecule is CC.CN(C(=O)C1CC1)c1ccccc1.N=Cc1ccccc1N. The van der Waals surface area contributed by atoms with E-state index in [0.717, 1.165) is 24.1 Å². The Morgan fingerprint density at radius 2 is 1.62 bits per heavy atom. The van der Waals surface area contributed by atoms with E-state index < -0.39 is 0 Å². The van der Waals surface area contributed by atoms with Crippen molar-refractivity contribution in [1.29, 1.82) is 5.41 Å². The molecule has 24 heavy (non-hydrogen) atoms. The summed E-state index contributed by atoms with van der Waals surface area (Å²) in [5, 5.41) is 6.88. The fourth-order valence-electron chi connectivity index (χ4n) is 2.03. The van der Waals surface area contributed by atoms with Crippen LogP contribution < -0.4 is 10.6 Å². The number of rotatable bonds is 3. The van der Waals surface area contributed by atoms with Crippen molar-refractivity contribution < 1.29 is 4.79 Å². The first kappa shape index (κ1) is 19.4. The van der Waals surface area contributed by atoms with E-state index in [2.05, 4.69) is 0 Å². The standard InChI is InChI=1S/C11H13NO.C7H8N2.C2H6/c1-12(11(13)9-7-8-9)10-5-3-2-4-6-10;8-5-6-3-1-2-4-7(6)9;1-2/h2-6,9H,7-8H2,1H3;1-5,8H,9H2;1-2H3. The van der Waals surface area contributed by atoms with E-state index >= 15 is 0 Å². The summed E-state index contributed by atoms with van der Waals surface area (Å²) in [6.07, 6.45) is 3.38. The molecule has 0 heterocycles. The average Bonchev–Trinajstić information content (AvgIpc) is 3.49. The van der Waals surface area contributed by atoms with Gasteiger partial charge in [-0.2, -0.15) is 0 Å². The third-order valence-corrected chi connectivity index (χ3v) is 3.55. The molecule has 2 aromatic rings. The van der Waals surface area contributed by atoms with Gasteiger partial charge in [0.05, 0.1) is 0 Å². The zero-order chi connectivity index (χ0) is 17.9. The van der Waals surface area contributed by atoms with Crippen molar-refractivity contribution >= 4 is 23.5 Å². The molecule has 3 rings (SSSR count). The summed E-state index contributed by atoms with van der Waals surface area (Å²) in [6.45, 7) is 4.00. The number of anilines is 2. The lowest BCUT2D eigenvalue weighted by molar-refractivity contribution is -0.119. The fraction of sp³-hybridized carbons (Fsp3) is 0.300. The number of nitrogens with zero attached hydrogens (tertiary/aromatic N) is 1. The maximum Gasteiger partial charge on any atom is 0.229 e. The second-order valence-electron chi connectivity index (χ2n) is 5.28. The lowest BCUT2D eigenvalue weighted by Gasteiger charge is -2.16. The second-order valence-corrected chi connectivity index (χ2v) is 5.28. The predicted octanol–water partition coefficient (Wildman–Crippen LogP) is 4.35. The number of carbonyl (C=O) groups excluding carboxylic acids is 1. The zero-order valence-corrected chi connectivity index (χ0v) is 14.7. The lowest BCUT2D eigenvalue weighted by atomic mass is 10.2. The number of para-hydroxylation sites is 2. The fourth-order valence-corrected chi connectivity index (χ4v) is 2.03. The van der Waals surface area contributed by atoms with Crippen molar-refractivity contribution in [2.75, 3.05) is 17.7 Å². The number of amides is 1. The molecule has 128 valence electrons. The Kier molecular flexibility index (Phi) is 8.26. The topological polar surface area (TPSA) is 70.2 Å². The van der Waals surface area contributed by atoms with Crippen LogP contribution in [0.15, 0.2) is 54.6 Å². The molecule has 1 amide bonds. The number of nitrogens with one attached hydrogen (secondary N) is 1. The van der Waals surface area contributed by atoms with Crippen LogP contribution in [0.3, 0.4) is 0 Å². The summed E-state index contributed by atoms with van der Waals surface area (Å²) in [5.41, 5.74) is 7.90. The van der Waals surface area contributed by atoms with E-state index in [4.69, 9.17) is 11.1 Å². The molecule has 2 aromatic carbocycles. The molecule has 0 aliphatic heterocycles. The molecule has 3 N–H and O–H groups in total. The van der Waals surface area contributed by atoms with Gasteiger partial charge in [-0.25, -0.2) is 0 Å². The Balaban J connectivity index is 0.000000230. The molecule has 0 bridgehead atoms. The van der Waals surface area contributed by atoms with E-state index in [9.17, 15) is 4.79 Å². The van der Waals surface area contributed by atoms with Crippen LogP contribution in [0.2, 0.25) is 0 Å². The molecule has 0 spiro atoms. The van der Waals surface area contributed by atoms with Crippen molar-refractivity contribution in [3.8, 4) is 0 Å². The van der Waals surface area contributed by atoms with Gasteiger partial charge in [0, 0.05) is 36.1 Å². The lowest BCUT2D eigenvalue weighted by Crippen LogP contribution is -2.27. The van der Waals surface area contributed by atoms with Gasteiger partial charge in [-0.05, 0) is 31.0 Å². The number of nitrogen functional groups attached to an aromatic ring is 1. The molecule has 1 aliphatic rings.